The van der Waals surface area contributed by atoms with Gasteiger partial charge < -0.3 is 0 Å². The van der Waals surface area contributed by atoms with E-state index in [0.717, 1.165) is 10.8 Å². The van der Waals surface area contributed by atoms with Gasteiger partial charge in [0.1, 0.15) is 6.04 Å². The zero-order valence-electron chi connectivity index (χ0n) is 4.22. The molecule has 1 atom stereocenters. The van der Waals surface area contributed by atoms with E-state index < -0.39 is 0 Å². The quantitative estimate of drug-likeness (QED) is 0.400. The van der Waals surface area contributed by atoms with E-state index in [4.69, 9.17) is 0 Å². The number of alkyl halides is 1. The molecule has 7 heavy (non-hydrogen) atoms. The van der Waals surface area contributed by atoms with Gasteiger partial charge in [-0.2, -0.15) is 4.91 Å². The molecule has 0 N–H and O–H groups in total. The highest BCUT2D eigenvalue weighted by atomic mass is 127. The van der Waals surface area contributed by atoms with Gasteiger partial charge in [-0.1, -0.05) is 34.7 Å². The van der Waals surface area contributed by atoms with E-state index in [2.05, 4.69) is 27.8 Å². The summed E-state index contributed by atoms with van der Waals surface area (Å²) in [6, 6.07) is 0.0422. The maximum atomic E-state index is 9.71. The third-order valence-corrected chi connectivity index (χ3v) is 1.82. The van der Waals surface area contributed by atoms with Gasteiger partial charge in [0.2, 0.25) is 0 Å². The van der Waals surface area contributed by atoms with E-state index >= 15 is 0 Å². The van der Waals surface area contributed by atoms with Crippen molar-refractivity contribution in [1.29, 1.82) is 0 Å². The lowest BCUT2D eigenvalue weighted by atomic mass is 10.3. The van der Waals surface area contributed by atoms with Gasteiger partial charge >= 0.3 is 0 Å². The van der Waals surface area contributed by atoms with Crippen LogP contribution in [0.25, 0.3) is 0 Å². The van der Waals surface area contributed by atoms with E-state index in [0.29, 0.717) is 0 Å². The topological polar surface area (TPSA) is 29.4 Å². The molecular weight excluding hydrogens is 205 g/mol. The minimum Gasteiger partial charge on any atom is -0.150 e. The molecule has 0 fully saturated rings. The summed E-state index contributed by atoms with van der Waals surface area (Å²) in [7, 11) is 0. The number of hydrogen-bond acceptors (Lipinski definition) is 2. The van der Waals surface area contributed by atoms with Crippen LogP contribution >= 0.6 is 22.6 Å². The number of rotatable bonds is 3. The summed E-state index contributed by atoms with van der Waals surface area (Å²) < 4.78 is 0.845. The van der Waals surface area contributed by atoms with Gasteiger partial charge in [0, 0.05) is 4.43 Å². The maximum Gasteiger partial charge on any atom is 0.101 e. The molecule has 0 aromatic rings. The normalized spacial score (nSPS) is 13.4. The number of nitroso groups, excluding NO2 is 1. The zero-order valence-corrected chi connectivity index (χ0v) is 6.38. The number of nitrogens with zero attached hydrogens (tertiary/aromatic N) is 1. The molecule has 0 aliphatic carbocycles. The summed E-state index contributed by atoms with van der Waals surface area (Å²) in [4.78, 5) is 9.71. The van der Waals surface area contributed by atoms with Crippen LogP contribution < -0.4 is 0 Å². The Morgan fingerprint density at radius 1 is 1.86 bits per heavy atom. The van der Waals surface area contributed by atoms with Gasteiger partial charge in [0.25, 0.3) is 0 Å². The fraction of sp³-hybridized carbons (Fsp3) is 1.00. The molecule has 0 amide bonds. The number of hydrogen-bond donors (Lipinski definition) is 0. The van der Waals surface area contributed by atoms with Gasteiger partial charge in [-0.05, 0) is 6.42 Å². The van der Waals surface area contributed by atoms with Crippen LogP contribution in [0.4, 0.5) is 0 Å². The molecule has 0 unspecified atom stereocenters. The summed E-state index contributed by atoms with van der Waals surface area (Å²) in [5.41, 5.74) is 0. The van der Waals surface area contributed by atoms with Crippen molar-refractivity contribution in [3.05, 3.63) is 4.91 Å². The van der Waals surface area contributed by atoms with Crippen LogP contribution in [0.1, 0.15) is 13.3 Å². The second-order valence-electron chi connectivity index (χ2n) is 1.32. The van der Waals surface area contributed by atoms with Crippen molar-refractivity contribution in [2.75, 3.05) is 4.43 Å². The van der Waals surface area contributed by atoms with E-state index in [9.17, 15) is 4.91 Å². The van der Waals surface area contributed by atoms with Crippen molar-refractivity contribution in [3.63, 3.8) is 0 Å². The Labute approximate surface area is 56.8 Å². The van der Waals surface area contributed by atoms with Crippen molar-refractivity contribution >= 4 is 22.6 Å². The molecule has 2 nitrogen and oxygen atoms in total. The minimum atomic E-state index is 0.0422. The number of halogens is 1. The van der Waals surface area contributed by atoms with Crippen LogP contribution in [0.5, 0.6) is 0 Å². The van der Waals surface area contributed by atoms with Gasteiger partial charge in [0.15, 0.2) is 0 Å². The summed E-state index contributed by atoms with van der Waals surface area (Å²) in [6.45, 7) is 1.96. The maximum absolute atomic E-state index is 9.71. The van der Waals surface area contributed by atoms with Gasteiger partial charge in [0.05, 0.1) is 0 Å². The van der Waals surface area contributed by atoms with Crippen molar-refractivity contribution in [2.24, 2.45) is 5.18 Å². The molecular formula is C4H8INO. The third-order valence-electron chi connectivity index (χ3n) is 0.798. The molecule has 0 heterocycles. The fourth-order valence-corrected chi connectivity index (χ4v) is 0.995. The van der Waals surface area contributed by atoms with Crippen LogP contribution in [0, 0.1) is 4.91 Å². The van der Waals surface area contributed by atoms with Crippen molar-refractivity contribution in [2.45, 2.75) is 19.4 Å². The van der Waals surface area contributed by atoms with Gasteiger partial charge in [-0.15, -0.1) is 0 Å². The lowest BCUT2D eigenvalue weighted by Crippen LogP contribution is -2.00. The molecule has 0 spiro atoms. The largest absolute Gasteiger partial charge is 0.150 e. The summed E-state index contributed by atoms with van der Waals surface area (Å²) >= 11 is 2.16. The third kappa shape index (κ3) is 2.96. The summed E-state index contributed by atoms with van der Waals surface area (Å²) in [5, 5.41) is 2.87. The van der Waals surface area contributed by atoms with Crippen LogP contribution in [-0.2, 0) is 0 Å². The van der Waals surface area contributed by atoms with E-state index in [-0.39, 0.29) is 6.04 Å². The SMILES string of the molecule is CC[C@@H](CI)N=O. The molecule has 0 radical (unpaired) electrons. The first kappa shape index (κ1) is 7.33. The highest BCUT2D eigenvalue weighted by Crippen LogP contribution is 1.99. The molecule has 0 saturated carbocycles. The summed E-state index contributed by atoms with van der Waals surface area (Å²) in [5.74, 6) is 0. The minimum absolute atomic E-state index is 0.0422. The first-order chi connectivity index (χ1) is 3.35. The molecule has 0 rings (SSSR count). The molecule has 3 heteroatoms. The Bertz CT molecular complexity index is 53.7. The van der Waals surface area contributed by atoms with Crippen molar-refractivity contribution in [3.8, 4) is 0 Å². The van der Waals surface area contributed by atoms with E-state index in [1.807, 2.05) is 6.92 Å². The molecule has 0 aromatic heterocycles. The molecule has 0 aliphatic heterocycles. The van der Waals surface area contributed by atoms with Crippen LogP contribution in [0.3, 0.4) is 0 Å². The predicted molar refractivity (Wildman–Crippen MR) is 38.8 cm³/mol. The van der Waals surface area contributed by atoms with Crippen LogP contribution in [0.15, 0.2) is 5.18 Å². The van der Waals surface area contributed by atoms with E-state index in [1.54, 1.807) is 0 Å². The molecule has 0 bridgehead atoms. The first-order valence-corrected chi connectivity index (χ1v) is 3.76. The zero-order chi connectivity index (χ0) is 5.70. The average Bonchev–Trinajstić information content (AvgIpc) is 1.72. The lowest BCUT2D eigenvalue weighted by molar-refractivity contribution is 0.730. The van der Waals surface area contributed by atoms with Crippen molar-refractivity contribution < 1.29 is 0 Å². The second kappa shape index (κ2) is 4.49. The molecule has 0 aromatic carbocycles. The van der Waals surface area contributed by atoms with Crippen LogP contribution in [-0.4, -0.2) is 10.5 Å². The Morgan fingerprint density at radius 2 is 2.43 bits per heavy atom. The molecule has 0 saturated heterocycles. The van der Waals surface area contributed by atoms with Gasteiger partial charge in [-0.3, -0.25) is 0 Å². The Kier molecular flexibility index (Phi) is 4.70. The lowest BCUT2D eigenvalue weighted by Gasteiger charge is -1.94. The predicted octanol–water partition coefficient (Wildman–Crippen LogP) is 1.97. The smallest absolute Gasteiger partial charge is 0.101 e. The monoisotopic (exact) mass is 213 g/mol. The fourth-order valence-electron chi connectivity index (χ4n) is 0.212. The Morgan fingerprint density at radius 3 is 2.43 bits per heavy atom. The summed E-state index contributed by atoms with van der Waals surface area (Å²) in [6.07, 6.45) is 0.868. The van der Waals surface area contributed by atoms with Crippen LogP contribution in [0.2, 0.25) is 0 Å². The molecule has 42 valence electrons. The average molecular weight is 213 g/mol. The highest BCUT2D eigenvalue weighted by Gasteiger charge is 1.99. The standard InChI is InChI=1S/C4H8INO/c1-2-4(3-5)6-7/h4H,2-3H2,1H3/t4-/m0/s1. The van der Waals surface area contributed by atoms with Crippen molar-refractivity contribution in [1.82, 2.24) is 0 Å². The Balaban J connectivity index is 3.16. The Hall–Kier alpha value is 0.330. The highest BCUT2D eigenvalue weighted by molar-refractivity contribution is 14.1. The first-order valence-electron chi connectivity index (χ1n) is 2.23. The second-order valence-corrected chi connectivity index (χ2v) is 2.20. The van der Waals surface area contributed by atoms with Gasteiger partial charge in [-0.25, -0.2) is 0 Å². The molecule has 0 aliphatic rings. The van der Waals surface area contributed by atoms with E-state index in [1.165, 1.54) is 0 Å².